The number of anilines is 1. The molecule has 2 amide bonds. The third kappa shape index (κ3) is 2.53. The molecule has 2 aliphatic heterocycles. The molecule has 0 aromatic carbocycles. The molecule has 108 valence electrons. The minimum Gasteiger partial charge on any atom is -0.337 e. The standard InChI is InChI=1S/C13H20N6O/c1-2-14-5-10-6-15-12(16-7-10)18-3-4-19-11(9-18)8-17-13(19)20/h6-7,11,14H,2-5,8-9H2,1H3,(H,17,20). The summed E-state index contributed by atoms with van der Waals surface area (Å²) in [5, 5.41) is 6.13. The lowest BCUT2D eigenvalue weighted by Crippen LogP contribution is -2.52. The van der Waals surface area contributed by atoms with Crippen LogP contribution in [0.1, 0.15) is 12.5 Å². The molecule has 0 saturated carbocycles. The van der Waals surface area contributed by atoms with Gasteiger partial charge in [-0.1, -0.05) is 6.92 Å². The van der Waals surface area contributed by atoms with Gasteiger partial charge in [-0.05, 0) is 6.54 Å². The van der Waals surface area contributed by atoms with Crippen molar-refractivity contribution < 1.29 is 4.79 Å². The molecule has 0 spiro atoms. The summed E-state index contributed by atoms with van der Waals surface area (Å²) in [6.45, 7) is 6.85. The molecule has 0 bridgehead atoms. The van der Waals surface area contributed by atoms with Gasteiger partial charge in [0.15, 0.2) is 0 Å². The summed E-state index contributed by atoms with van der Waals surface area (Å²) in [7, 11) is 0. The second-order valence-corrected chi connectivity index (χ2v) is 5.15. The lowest BCUT2D eigenvalue weighted by Gasteiger charge is -2.36. The summed E-state index contributed by atoms with van der Waals surface area (Å²) in [6.07, 6.45) is 3.74. The lowest BCUT2D eigenvalue weighted by atomic mass is 10.2. The van der Waals surface area contributed by atoms with Gasteiger partial charge in [-0.3, -0.25) is 0 Å². The van der Waals surface area contributed by atoms with Crippen molar-refractivity contribution in [3.05, 3.63) is 18.0 Å². The predicted molar refractivity (Wildman–Crippen MR) is 75.5 cm³/mol. The van der Waals surface area contributed by atoms with Crippen LogP contribution in [0, 0.1) is 0 Å². The van der Waals surface area contributed by atoms with E-state index in [1.54, 1.807) is 0 Å². The fraction of sp³-hybridized carbons (Fsp3) is 0.615. The van der Waals surface area contributed by atoms with Crippen LogP contribution >= 0.6 is 0 Å². The van der Waals surface area contributed by atoms with Crippen LogP contribution in [0.5, 0.6) is 0 Å². The highest BCUT2D eigenvalue weighted by molar-refractivity contribution is 5.77. The number of nitrogens with zero attached hydrogens (tertiary/aromatic N) is 4. The van der Waals surface area contributed by atoms with Gasteiger partial charge in [0.2, 0.25) is 5.95 Å². The average Bonchev–Trinajstić information content (AvgIpc) is 2.86. The fourth-order valence-corrected chi connectivity index (χ4v) is 2.66. The molecule has 2 aliphatic rings. The van der Waals surface area contributed by atoms with Crippen molar-refractivity contribution in [2.75, 3.05) is 37.6 Å². The topological polar surface area (TPSA) is 73.4 Å². The normalized spacial score (nSPS) is 21.9. The van der Waals surface area contributed by atoms with Gasteiger partial charge >= 0.3 is 6.03 Å². The highest BCUT2D eigenvalue weighted by Crippen LogP contribution is 2.17. The molecule has 3 rings (SSSR count). The van der Waals surface area contributed by atoms with E-state index in [4.69, 9.17) is 0 Å². The van der Waals surface area contributed by atoms with Crippen LogP contribution in [0.4, 0.5) is 10.7 Å². The summed E-state index contributed by atoms with van der Waals surface area (Å²) >= 11 is 0. The molecular formula is C13H20N6O. The Morgan fingerprint density at radius 1 is 1.40 bits per heavy atom. The number of rotatable bonds is 4. The van der Waals surface area contributed by atoms with Crippen LogP contribution in [0.2, 0.25) is 0 Å². The third-order valence-electron chi connectivity index (χ3n) is 3.79. The molecule has 20 heavy (non-hydrogen) atoms. The number of urea groups is 1. The minimum absolute atomic E-state index is 0.0524. The first-order valence-electron chi connectivity index (χ1n) is 7.09. The smallest absolute Gasteiger partial charge is 0.317 e. The number of carbonyl (C=O) groups excluding carboxylic acids is 1. The van der Waals surface area contributed by atoms with Crippen LogP contribution in [0.15, 0.2) is 12.4 Å². The Morgan fingerprint density at radius 2 is 2.20 bits per heavy atom. The van der Waals surface area contributed by atoms with E-state index in [1.165, 1.54) is 0 Å². The molecule has 7 nitrogen and oxygen atoms in total. The van der Waals surface area contributed by atoms with Crippen molar-refractivity contribution in [3.8, 4) is 0 Å². The SMILES string of the molecule is CCNCc1cnc(N2CCN3C(=O)NCC3C2)nc1. The zero-order valence-corrected chi connectivity index (χ0v) is 11.7. The third-order valence-corrected chi connectivity index (χ3v) is 3.79. The van der Waals surface area contributed by atoms with Gasteiger partial charge in [-0.2, -0.15) is 0 Å². The number of fused-ring (bicyclic) bond motifs is 1. The summed E-state index contributed by atoms with van der Waals surface area (Å²) in [5.41, 5.74) is 1.09. The second-order valence-electron chi connectivity index (χ2n) is 5.15. The van der Waals surface area contributed by atoms with Crippen LogP contribution in [0.25, 0.3) is 0 Å². The van der Waals surface area contributed by atoms with E-state index in [0.717, 1.165) is 44.2 Å². The van der Waals surface area contributed by atoms with Crippen LogP contribution < -0.4 is 15.5 Å². The predicted octanol–water partition coefficient (Wildman–Crippen LogP) is -0.200. The molecule has 2 saturated heterocycles. The molecule has 1 aromatic heterocycles. The summed E-state index contributed by atoms with van der Waals surface area (Å²) in [4.78, 5) is 24.5. The monoisotopic (exact) mass is 276 g/mol. The van der Waals surface area contributed by atoms with Crippen LogP contribution in [0.3, 0.4) is 0 Å². The van der Waals surface area contributed by atoms with Crippen LogP contribution in [-0.4, -0.2) is 59.7 Å². The van der Waals surface area contributed by atoms with Gasteiger partial charge < -0.3 is 20.4 Å². The highest BCUT2D eigenvalue weighted by Gasteiger charge is 2.36. The summed E-state index contributed by atoms with van der Waals surface area (Å²) in [6, 6.07) is 0.290. The molecule has 1 unspecified atom stereocenters. The molecule has 0 radical (unpaired) electrons. The Labute approximate surface area is 118 Å². The van der Waals surface area contributed by atoms with E-state index in [2.05, 4.69) is 32.4 Å². The Bertz CT molecular complexity index is 476. The minimum atomic E-state index is 0.0524. The number of aromatic nitrogens is 2. The average molecular weight is 276 g/mol. The van der Waals surface area contributed by atoms with Gasteiger partial charge in [0.05, 0.1) is 6.04 Å². The fourth-order valence-electron chi connectivity index (χ4n) is 2.66. The number of carbonyl (C=O) groups is 1. The maximum Gasteiger partial charge on any atom is 0.317 e. The highest BCUT2D eigenvalue weighted by atomic mass is 16.2. The maximum atomic E-state index is 11.6. The first-order chi connectivity index (χ1) is 9.78. The molecule has 0 aliphatic carbocycles. The quantitative estimate of drug-likeness (QED) is 0.797. The first kappa shape index (κ1) is 13.1. The van der Waals surface area contributed by atoms with Crippen molar-refractivity contribution >= 4 is 12.0 Å². The van der Waals surface area contributed by atoms with E-state index in [0.29, 0.717) is 6.54 Å². The summed E-state index contributed by atoms with van der Waals surface area (Å²) < 4.78 is 0. The van der Waals surface area contributed by atoms with Crippen molar-refractivity contribution in [2.24, 2.45) is 0 Å². The Hall–Kier alpha value is -1.89. The van der Waals surface area contributed by atoms with E-state index in [9.17, 15) is 4.79 Å². The van der Waals surface area contributed by atoms with Gasteiger partial charge in [0.25, 0.3) is 0 Å². The van der Waals surface area contributed by atoms with E-state index < -0.39 is 0 Å². The van der Waals surface area contributed by atoms with Gasteiger partial charge in [-0.15, -0.1) is 0 Å². The number of hydrogen-bond acceptors (Lipinski definition) is 5. The molecule has 7 heteroatoms. The van der Waals surface area contributed by atoms with Crippen molar-refractivity contribution in [1.29, 1.82) is 0 Å². The van der Waals surface area contributed by atoms with Crippen molar-refractivity contribution in [1.82, 2.24) is 25.5 Å². The van der Waals surface area contributed by atoms with E-state index >= 15 is 0 Å². The van der Waals surface area contributed by atoms with Gasteiger partial charge in [0.1, 0.15) is 0 Å². The Morgan fingerprint density at radius 3 is 2.95 bits per heavy atom. The van der Waals surface area contributed by atoms with E-state index in [-0.39, 0.29) is 12.1 Å². The molecule has 1 aromatic rings. The first-order valence-corrected chi connectivity index (χ1v) is 7.09. The number of piperazine rings is 1. The van der Waals surface area contributed by atoms with Gasteiger partial charge in [-0.25, -0.2) is 14.8 Å². The summed E-state index contributed by atoms with van der Waals surface area (Å²) in [5.74, 6) is 0.754. The largest absolute Gasteiger partial charge is 0.337 e. The Balaban J connectivity index is 1.63. The zero-order chi connectivity index (χ0) is 13.9. The molecule has 3 heterocycles. The lowest BCUT2D eigenvalue weighted by molar-refractivity contribution is 0.197. The molecule has 2 N–H and O–H groups in total. The van der Waals surface area contributed by atoms with Crippen molar-refractivity contribution in [3.63, 3.8) is 0 Å². The molecular weight excluding hydrogens is 256 g/mol. The molecule has 2 fully saturated rings. The molecule has 1 atom stereocenters. The van der Waals surface area contributed by atoms with Crippen LogP contribution in [-0.2, 0) is 6.54 Å². The number of nitrogens with one attached hydrogen (secondary N) is 2. The number of hydrogen-bond donors (Lipinski definition) is 2. The van der Waals surface area contributed by atoms with E-state index in [1.807, 2.05) is 17.3 Å². The maximum absolute atomic E-state index is 11.6. The number of amides is 2. The Kier molecular flexibility index (Phi) is 3.68. The van der Waals surface area contributed by atoms with Crippen molar-refractivity contribution in [2.45, 2.75) is 19.5 Å². The second kappa shape index (κ2) is 5.62. The van der Waals surface area contributed by atoms with Gasteiger partial charge in [0, 0.05) is 50.7 Å². The zero-order valence-electron chi connectivity index (χ0n) is 11.7.